The van der Waals surface area contributed by atoms with Gasteiger partial charge in [-0.05, 0) is 25.7 Å². The van der Waals surface area contributed by atoms with Gasteiger partial charge in [0, 0.05) is 12.5 Å². The van der Waals surface area contributed by atoms with Crippen molar-refractivity contribution in [3.05, 3.63) is 0 Å². The molecule has 0 bridgehead atoms. The summed E-state index contributed by atoms with van der Waals surface area (Å²) in [6.07, 6.45) is 5.05. The second-order valence-electron chi connectivity index (χ2n) is 5.49. The first kappa shape index (κ1) is 15.0. The molecule has 1 saturated carbocycles. The van der Waals surface area contributed by atoms with Crippen LogP contribution in [0.25, 0.3) is 0 Å². The number of carbonyl (C=O) groups excluding carboxylic acids is 2. The third kappa shape index (κ3) is 5.07. The highest BCUT2D eigenvalue weighted by Gasteiger charge is 2.21. The van der Waals surface area contributed by atoms with E-state index < -0.39 is 12.2 Å². The summed E-state index contributed by atoms with van der Waals surface area (Å²) in [5.41, 5.74) is 0. The van der Waals surface area contributed by atoms with E-state index in [0.29, 0.717) is 12.5 Å². The molecule has 0 unspecified atom stereocenters. The van der Waals surface area contributed by atoms with Crippen molar-refractivity contribution >= 4 is 11.9 Å². The molecule has 0 aromatic heterocycles. The van der Waals surface area contributed by atoms with Gasteiger partial charge in [-0.15, -0.1) is 0 Å². The zero-order valence-corrected chi connectivity index (χ0v) is 11.7. The largest absolute Gasteiger partial charge is 0.439 e. The fourth-order valence-corrected chi connectivity index (χ4v) is 2.35. The van der Waals surface area contributed by atoms with E-state index in [0.717, 1.165) is 0 Å². The van der Waals surface area contributed by atoms with Gasteiger partial charge in [-0.25, -0.2) is 4.79 Å². The Morgan fingerprint density at radius 2 is 1.78 bits per heavy atom. The number of nitrogens with one attached hydrogen (secondary N) is 1. The van der Waals surface area contributed by atoms with Gasteiger partial charge in [-0.2, -0.15) is 0 Å². The van der Waals surface area contributed by atoms with Crippen LogP contribution < -0.4 is 5.32 Å². The Bertz CT molecular complexity index is 283. The van der Waals surface area contributed by atoms with E-state index in [9.17, 15) is 9.59 Å². The number of carbonyl (C=O) groups is 2. The first-order valence-electron chi connectivity index (χ1n) is 6.99. The van der Waals surface area contributed by atoms with Crippen molar-refractivity contribution in [3.8, 4) is 0 Å². The summed E-state index contributed by atoms with van der Waals surface area (Å²) in [7, 11) is 0. The van der Waals surface area contributed by atoms with Gasteiger partial charge in [0.2, 0.25) is 0 Å². The Balaban J connectivity index is 2.22. The molecule has 4 nitrogen and oxygen atoms in total. The highest BCUT2D eigenvalue weighted by atomic mass is 16.6. The van der Waals surface area contributed by atoms with Crippen LogP contribution in [0.2, 0.25) is 0 Å². The number of hydrogen-bond donors (Lipinski definition) is 1. The molecule has 18 heavy (non-hydrogen) atoms. The number of rotatable bonds is 5. The maximum atomic E-state index is 11.6. The predicted octanol–water partition coefficient (Wildman–Crippen LogP) is 2.91. The van der Waals surface area contributed by atoms with Crippen molar-refractivity contribution in [3.63, 3.8) is 0 Å². The van der Waals surface area contributed by atoms with E-state index >= 15 is 0 Å². The topological polar surface area (TPSA) is 55.4 Å². The van der Waals surface area contributed by atoms with Crippen LogP contribution in [-0.2, 0) is 9.53 Å². The predicted molar refractivity (Wildman–Crippen MR) is 70.4 cm³/mol. The lowest BCUT2D eigenvalue weighted by Gasteiger charge is -2.22. The van der Waals surface area contributed by atoms with Gasteiger partial charge in [0.1, 0.15) is 0 Å². The summed E-state index contributed by atoms with van der Waals surface area (Å²) < 4.78 is 5.06. The van der Waals surface area contributed by atoms with E-state index in [4.69, 9.17) is 4.74 Å². The van der Waals surface area contributed by atoms with E-state index in [1.807, 2.05) is 13.8 Å². The Morgan fingerprint density at radius 3 is 2.33 bits per heavy atom. The van der Waals surface area contributed by atoms with Gasteiger partial charge in [0.15, 0.2) is 11.9 Å². The lowest BCUT2D eigenvalue weighted by atomic mass is 9.89. The van der Waals surface area contributed by atoms with Gasteiger partial charge in [-0.1, -0.05) is 33.1 Å². The summed E-state index contributed by atoms with van der Waals surface area (Å²) in [4.78, 5) is 23.1. The molecule has 0 aromatic carbocycles. The monoisotopic (exact) mass is 255 g/mol. The fourth-order valence-electron chi connectivity index (χ4n) is 2.35. The van der Waals surface area contributed by atoms with Gasteiger partial charge in [0.25, 0.3) is 0 Å². The van der Waals surface area contributed by atoms with Crippen molar-refractivity contribution < 1.29 is 14.3 Å². The van der Waals surface area contributed by atoms with Crippen LogP contribution in [0.1, 0.15) is 52.9 Å². The molecule has 4 heteroatoms. The smallest absolute Gasteiger partial charge is 0.407 e. The van der Waals surface area contributed by atoms with Gasteiger partial charge < -0.3 is 10.1 Å². The van der Waals surface area contributed by atoms with Crippen LogP contribution in [0.4, 0.5) is 4.79 Å². The highest BCUT2D eigenvalue weighted by Crippen LogP contribution is 2.22. The van der Waals surface area contributed by atoms with Crippen LogP contribution in [0.15, 0.2) is 0 Å². The van der Waals surface area contributed by atoms with Crippen molar-refractivity contribution in [2.24, 2.45) is 11.8 Å². The van der Waals surface area contributed by atoms with Crippen molar-refractivity contribution in [1.82, 2.24) is 5.32 Å². The molecule has 1 fully saturated rings. The molecule has 0 saturated heterocycles. The van der Waals surface area contributed by atoms with Crippen LogP contribution in [0.5, 0.6) is 0 Å². The first-order valence-corrected chi connectivity index (χ1v) is 6.99. The van der Waals surface area contributed by atoms with E-state index in [1.54, 1.807) is 6.92 Å². The van der Waals surface area contributed by atoms with Crippen molar-refractivity contribution in [2.75, 3.05) is 6.54 Å². The molecule has 1 rings (SSSR count). The van der Waals surface area contributed by atoms with Crippen LogP contribution >= 0.6 is 0 Å². The average Bonchev–Trinajstić information content (AvgIpc) is 2.36. The molecule has 1 N–H and O–H groups in total. The van der Waals surface area contributed by atoms with Crippen molar-refractivity contribution in [2.45, 2.75) is 59.0 Å². The minimum absolute atomic E-state index is 0.0391. The Labute approximate surface area is 109 Å². The van der Waals surface area contributed by atoms with Gasteiger partial charge in [-0.3, -0.25) is 4.79 Å². The maximum Gasteiger partial charge on any atom is 0.407 e. The number of ketones is 1. The van der Waals surface area contributed by atoms with Crippen LogP contribution in [-0.4, -0.2) is 24.5 Å². The molecule has 0 aliphatic heterocycles. The second-order valence-corrected chi connectivity index (χ2v) is 5.49. The summed E-state index contributed by atoms with van der Waals surface area (Å²) >= 11 is 0. The number of hydrogen-bond acceptors (Lipinski definition) is 3. The third-order valence-electron chi connectivity index (χ3n) is 3.51. The summed E-state index contributed by atoms with van der Waals surface area (Å²) in [5, 5.41) is 2.76. The average molecular weight is 255 g/mol. The second kappa shape index (κ2) is 7.39. The van der Waals surface area contributed by atoms with E-state index in [1.165, 1.54) is 32.1 Å². The number of amides is 1. The third-order valence-corrected chi connectivity index (χ3v) is 3.51. The normalized spacial score (nSPS) is 18.4. The zero-order valence-electron chi connectivity index (χ0n) is 11.7. The Morgan fingerprint density at radius 1 is 1.17 bits per heavy atom. The van der Waals surface area contributed by atoms with E-state index in [-0.39, 0.29) is 11.7 Å². The molecular weight excluding hydrogens is 230 g/mol. The number of ether oxygens (including phenoxy) is 1. The quantitative estimate of drug-likeness (QED) is 0.821. The molecular formula is C14H25NO3. The molecule has 1 amide bonds. The zero-order chi connectivity index (χ0) is 13.5. The molecule has 0 aromatic rings. The SMILES string of the molecule is CC(C)C(=O)[C@@H](C)OC(=O)NCC1CCCCC1. The Kier molecular flexibility index (Phi) is 6.16. The lowest BCUT2D eigenvalue weighted by Crippen LogP contribution is -2.36. The van der Waals surface area contributed by atoms with E-state index in [2.05, 4.69) is 5.32 Å². The van der Waals surface area contributed by atoms with Crippen molar-refractivity contribution in [1.29, 1.82) is 0 Å². The molecule has 0 heterocycles. The molecule has 104 valence electrons. The minimum atomic E-state index is -0.656. The fraction of sp³-hybridized carbons (Fsp3) is 0.857. The summed E-state index contributed by atoms with van der Waals surface area (Å²) in [6.45, 7) is 5.91. The Hall–Kier alpha value is -1.06. The highest BCUT2D eigenvalue weighted by molar-refractivity contribution is 5.86. The molecule has 1 aliphatic carbocycles. The summed E-state index contributed by atoms with van der Waals surface area (Å²) in [6, 6.07) is 0. The maximum absolute atomic E-state index is 11.6. The lowest BCUT2D eigenvalue weighted by molar-refractivity contribution is -0.129. The van der Waals surface area contributed by atoms with Crippen LogP contribution in [0, 0.1) is 11.8 Å². The molecule has 1 aliphatic rings. The number of alkyl carbamates (subject to hydrolysis) is 1. The molecule has 0 spiro atoms. The molecule has 1 atom stereocenters. The van der Waals surface area contributed by atoms with Crippen LogP contribution in [0.3, 0.4) is 0 Å². The minimum Gasteiger partial charge on any atom is -0.439 e. The molecule has 0 radical (unpaired) electrons. The number of Topliss-reactive ketones (excluding diaryl/α,β-unsaturated/α-hetero) is 1. The van der Waals surface area contributed by atoms with Gasteiger partial charge >= 0.3 is 6.09 Å². The first-order chi connectivity index (χ1) is 8.50. The standard InChI is InChI=1S/C14H25NO3/c1-10(2)13(16)11(3)18-14(17)15-9-12-7-5-4-6-8-12/h10-12H,4-9H2,1-3H3,(H,15,17)/t11-/m1/s1. The van der Waals surface area contributed by atoms with Gasteiger partial charge in [0.05, 0.1) is 0 Å². The summed E-state index contributed by atoms with van der Waals surface area (Å²) in [5.74, 6) is 0.427.